The van der Waals surface area contributed by atoms with Gasteiger partial charge < -0.3 is 10.2 Å². The summed E-state index contributed by atoms with van der Waals surface area (Å²) in [6.45, 7) is 5.84. The van der Waals surface area contributed by atoms with Crippen molar-refractivity contribution in [1.82, 2.24) is 0 Å². The molecule has 0 rings (SSSR count). The number of hydrogen-bond donors (Lipinski definition) is 2. The lowest BCUT2D eigenvalue weighted by Crippen LogP contribution is -2.39. The van der Waals surface area contributed by atoms with E-state index >= 15 is 0 Å². The molecule has 0 heterocycles. The number of rotatable bonds is 9. The fourth-order valence-electron chi connectivity index (χ4n) is 1.80. The highest BCUT2D eigenvalue weighted by atomic mass is 17.2. The molecule has 2 atom stereocenters. The zero-order chi connectivity index (χ0) is 21.6. The van der Waals surface area contributed by atoms with E-state index in [1.807, 2.05) is 0 Å². The van der Waals surface area contributed by atoms with Gasteiger partial charge in [-0.1, -0.05) is 55.4 Å². The van der Waals surface area contributed by atoms with Gasteiger partial charge in [0, 0.05) is 10.8 Å². The van der Waals surface area contributed by atoms with Crippen LogP contribution < -0.4 is 0 Å². The third-order valence-corrected chi connectivity index (χ3v) is 3.01. The van der Waals surface area contributed by atoms with E-state index in [1.165, 1.54) is 27.7 Å². The summed E-state index contributed by atoms with van der Waals surface area (Å²) in [5.41, 5.74) is -3.58. The lowest BCUT2D eigenvalue weighted by Gasteiger charge is -2.34. The molecule has 122 valence electrons. The summed E-state index contributed by atoms with van der Waals surface area (Å²) in [4.78, 5) is 9.48. The van der Waals surface area contributed by atoms with Crippen LogP contribution in [-0.4, -0.2) is 35.5 Å². The van der Waals surface area contributed by atoms with Crippen molar-refractivity contribution in [2.75, 3.05) is 13.1 Å². The Balaban J connectivity index is 5.62. The summed E-state index contributed by atoms with van der Waals surface area (Å²) < 4.78 is 48.4. The minimum absolute atomic E-state index is 0.636. The van der Waals surface area contributed by atoms with Crippen LogP contribution in [0.1, 0.15) is 63.6 Å². The molecule has 4 nitrogen and oxygen atoms in total. The van der Waals surface area contributed by atoms with Crippen molar-refractivity contribution < 1.29 is 28.2 Å². The van der Waals surface area contributed by atoms with Crippen LogP contribution in [0.2, 0.25) is 0 Å². The second-order valence-corrected chi connectivity index (χ2v) is 6.70. The first-order chi connectivity index (χ1) is 11.1. The molecule has 0 aromatic rings. The third-order valence-electron chi connectivity index (χ3n) is 3.01. The average molecular weight is 296 g/mol. The molecular weight excluding hydrogens is 256 g/mol. The molecule has 0 aliphatic heterocycles. The van der Waals surface area contributed by atoms with E-state index in [9.17, 15) is 10.2 Å². The van der Waals surface area contributed by atoms with Crippen molar-refractivity contribution >= 4 is 0 Å². The summed E-state index contributed by atoms with van der Waals surface area (Å²) in [6, 6.07) is 0. The van der Waals surface area contributed by atoms with E-state index < -0.39 is 47.9 Å². The minimum atomic E-state index is -2.74. The zero-order valence-corrected chi connectivity index (χ0v) is 13.9. The van der Waals surface area contributed by atoms with Crippen molar-refractivity contribution in [3.05, 3.63) is 0 Å². The van der Waals surface area contributed by atoms with Crippen LogP contribution in [0.5, 0.6) is 0 Å². The highest BCUT2D eigenvalue weighted by Crippen LogP contribution is 2.28. The smallest absolute Gasteiger partial charge is 0.0898 e. The Morgan fingerprint density at radius 2 is 1.10 bits per heavy atom. The average Bonchev–Trinajstić information content (AvgIpc) is 2.44. The Bertz CT molecular complexity index is 443. The van der Waals surface area contributed by atoms with Crippen LogP contribution in [0, 0.1) is 22.7 Å². The van der Waals surface area contributed by atoms with Gasteiger partial charge >= 0.3 is 0 Å². The van der Waals surface area contributed by atoms with Gasteiger partial charge in [-0.2, -0.15) is 0 Å². The lowest BCUT2D eigenvalue weighted by atomic mass is 9.81. The van der Waals surface area contributed by atoms with Crippen LogP contribution in [0.25, 0.3) is 0 Å². The summed E-state index contributed by atoms with van der Waals surface area (Å²) >= 11 is 0. The molecule has 0 fully saturated rings. The molecule has 0 saturated heterocycles. The molecule has 0 radical (unpaired) electrons. The minimum Gasteiger partial charge on any atom is -0.392 e. The van der Waals surface area contributed by atoms with Crippen molar-refractivity contribution in [2.24, 2.45) is 22.7 Å². The topological polar surface area (TPSA) is 58.9 Å². The van der Waals surface area contributed by atoms with Crippen molar-refractivity contribution in [3.63, 3.8) is 0 Å². The molecule has 0 amide bonds. The maximum Gasteiger partial charge on any atom is 0.0898 e. The van der Waals surface area contributed by atoms with Gasteiger partial charge in [0.25, 0.3) is 0 Å². The van der Waals surface area contributed by atoms with Gasteiger partial charge in [0.2, 0.25) is 0 Å². The van der Waals surface area contributed by atoms with Crippen molar-refractivity contribution in [2.45, 2.75) is 67.5 Å². The van der Waals surface area contributed by atoms with Gasteiger partial charge in [0.05, 0.1) is 33.5 Å². The van der Waals surface area contributed by atoms with E-state index in [0.29, 0.717) is 0 Å². The summed E-state index contributed by atoms with van der Waals surface area (Å²) in [5.74, 6) is -1.27. The molecule has 0 spiro atoms. The fourth-order valence-corrected chi connectivity index (χ4v) is 1.80. The van der Waals surface area contributed by atoms with Gasteiger partial charge in [0.15, 0.2) is 0 Å². The van der Waals surface area contributed by atoms with Crippen LogP contribution in [0.15, 0.2) is 0 Å². The third kappa shape index (κ3) is 6.08. The van der Waals surface area contributed by atoms with Gasteiger partial charge in [-0.15, -0.1) is 0 Å². The number of hydrogen-bond acceptors (Lipinski definition) is 4. The fraction of sp³-hybridized carbons (Fsp3) is 1.00. The molecule has 0 aromatic carbocycles. The molecule has 2 N–H and O–H groups in total. The van der Waals surface area contributed by atoms with Crippen molar-refractivity contribution in [3.8, 4) is 0 Å². The normalized spacial score (nSPS) is 25.8. The summed E-state index contributed by atoms with van der Waals surface area (Å²) in [5, 5.41) is 20.7. The van der Waals surface area contributed by atoms with E-state index in [4.69, 9.17) is 18.0 Å². The van der Waals surface area contributed by atoms with Crippen molar-refractivity contribution in [1.29, 1.82) is 0 Å². The van der Waals surface area contributed by atoms with Crippen LogP contribution in [-0.2, 0) is 9.78 Å². The Kier molecular flexibility index (Phi) is 4.41. The summed E-state index contributed by atoms with van der Waals surface area (Å²) in [7, 11) is 0. The second-order valence-electron chi connectivity index (χ2n) is 6.70. The first-order valence-electron chi connectivity index (χ1n) is 9.91. The molecule has 0 aliphatic rings. The molecule has 4 heteroatoms. The monoisotopic (exact) mass is 296 g/mol. The summed E-state index contributed by atoms with van der Waals surface area (Å²) in [6.07, 6.45) is -4.45. The Hall–Kier alpha value is -0.160. The first-order valence-corrected chi connectivity index (χ1v) is 6.91. The Morgan fingerprint density at radius 3 is 1.30 bits per heavy atom. The van der Waals surface area contributed by atoms with Gasteiger partial charge in [0.1, 0.15) is 0 Å². The van der Waals surface area contributed by atoms with E-state index in [0.717, 1.165) is 0 Å². The van der Waals surface area contributed by atoms with E-state index in [2.05, 4.69) is 0 Å². The Morgan fingerprint density at radius 1 is 0.850 bits per heavy atom. The predicted molar refractivity (Wildman–Crippen MR) is 81.2 cm³/mol. The van der Waals surface area contributed by atoms with Gasteiger partial charge in [-0.3, -0.25) is 0 Å². The molecular formula is C16H34O4. The molecule has 0 saturated carbocycles. The maximum absolute atomic E-state index is 10.4. The van der Waals surface area contributed by atoms with Crippen LogP contribution in [0.3, 0.4) is 0 Å². The second kappa shape index (κ2) is 7.74. The highest BCUT2D eigenvalue weighted by Gasteiger charge is 2.33. The maximum atomic E-state index is 10.4. The first kappa shape index (κ1) is 11.4. The molecule has 20 heavy (non-hydrogen) atoms. The number of aliphatic hydroxyl groups is 2. The predicted octanol–water partition coefficient (Wildman–Crippen LogP) is 3.02. The van der Waals surface area contributed by atoms with Gasteiger partial charge in [-0.25, -0.2) is 9.78 Å². The van der Waals surface area contributed by atoms with E-state index in [-0.39, 0.29) is 0 Å². The lowest BCUT2D eigenvalue weighted by molar-refractivity contribution is -0.330. The SMILES string of the molecule is [2H]C([2H])(OOC([2H])([2H])C(C)(C)C([2H])(O)C(C)C)C(C)(C)C([2H])(O)C(C)C. The molecule has 0 aliphatic carbocycles. The zero-order valence-electron chi connectivity index (χ0n) is 19.9. The van der Waals surface area contributed by atoms with E-state index in [1.54, 1.807) is 27.7 Å². The highest BCUT2D eigenvalue weighted by molar-refractivity contribution is 4.80. The largest absolute Gasteiger partial charge is 0.392 e. The molecule has 0 bridgehead atoms. The molecule has 2 unspecified atom stereocenters. The molecule has 0 aromatic heterocycles. The van der Waals surface area contributed by atoms with Crippen LogP contribution >= 0.6 is 0 Å². The Labute approximate surface area is 132 Å². The van der Waals surface area contributed by atoms with Crippen LogP contribution in [0.4, 0.5) is 0 Å². The quantitative estimate of drug-likeness (QED) is 0.507. The standard InChI is InChI=1S/C16H34O4/c1-11(2)13(17)15(5,6)9-19-20-10-16(7,8)14(18)12(3)4/h11-14,17-18H,9-10H2,1-8H3/i9D2,10D2,13D,14D. The van der Waals surface area contributed by atoms with Gasteiger partial charge in [-0.05, 0) is 11.8 Å².